The summed E-state index contributed by atoms with van der Waals surface area (Å²) in [6, 6.07) is 12.6. The number of furan rings is 1. The molecule has 104 valence electrons. The number of Topliss-reactive ketones (excluding diaryl/α,β-unsaturated/α-hetero) is 2. The third-order valence-electron chi connectivity index (χ3n) is 2.97. The Labute approximate surface area is 117 Å². The third-order valence-corrected chi connectivity index (χ3v) is 2.97. The number of aliphatic hydroxyl groups is 1. The van der Waals surface area contributed by atoms with Crippen LogP contribution in [0.2, 0.25) is 0 Å². The van der Waals surface area contributed by atoms with Gasteiger partial charge in [0, 0.05) is 18.4 Å². The molecule has 20 heavy (non-hydrogen) atoms. The van der Waals surface area contributed by atoms with Gasteiger partial charge in [-0.25, -0.2) is 0 Å². The number of rotatable bonds is 7. The van der Waals surface area contributed by atoms with Crippen LogP contribution in [0, 0.1) is 0 Å². The average Bonchev–Trinajstić information content (AvgIpc) is 2.93. The minimum Gasteiger partial charge on any atom is -0.466 e. The predicted molar refractivity (Wildman–Crippen MR) is 73.6 cm³/mol. The van der Waals surface area contributed by atoms with Gasteiger partial charge >= 0.3 is 0 Å². The molecule has 2 rings (SSSR count). The normalized spacial score (nSPS) is 10.4. The first kappa shape index (κ1) is 14.2. The minimum atomic E-state index is -0.444. The number of aliphatic hydroxyl groups excluding tert-OH is 1. The number of aryl methyl sites for hydroxylation is 1. The summed E-state index contributed by atoms with van der Waals surface area (Å²) < 4.78 is 5.52. The second-order valence-corrected chi connectivity index (χ2v) is 4.53. The Bertz CT molecular complexity index is 584. The van der Waals surface area contributed by atoms with E-state index in [1.807, 2.05) is 18.2 Å². The highest BCUT2D eigenvalue weighted by molar-refractivity contribution is 5.97. The van der Waals surface area contributed by atoms with Crippen LogP contribution < -0.4 is 0 Å². The highest BCUT2D eigenvalue weighted by Gasteiger charge is 2.10. The number of carbonyl (C=O) groups is 2. The predicted octanol–water partition coefficient (Wildman–Crippen LogP) is 2.20. The van der Waals surface area contributed by atoms with Crippen LogP contribution >= 0.6 is 0 Å². The summed E-state index contributed by atoms with van der Waals surface area (Å²) in [5.41, 5.74) is 0.654. The summed E-state index contributed by atoms with van der Waals surface area (Å²) in [6.45, 7) is -0.444. The van der Waals surface area contributed by atoms with Crippen molar-refractivity contribution in [1.29, 1.82) is 0 Å². The Hall–Kier alpha value is -2.20. The molecule has 0 saturated heterocycles. The summed E-state index contributed by atoms with van der Waals surface area (Å²) in [7, 11) is 0. The summed E-state index contributed by atoms with van der Waals surface area (Å²) >= 11 is 0. The van der Waals surface area contributed by atoms with Gasteiger partial charge in [-0.3, -0.25) is 9.59 Å². The minimum absolute atomic E-state index is 0.00191. The molecule has 0 aliphatic heterocycles. The van der Waals surface area contributed by atoms with Crippen LogP contribution in [0.5, 0.6) is 0 Å². The smallest absolute Gasteiger partial charge is 0.170 e. The van der Waals surface area contributed by atoms with Crippen molar-refractivity contribution in [3.05, 3.63) is 59.5 Å². The molecule has 4 heteroatoms. The molecule has 0 aliphatic carbocycles. The number of carbonyl (C=O) groups excluding carboxylic acids is 2. The van der Waals surface area contributed by atoms with Crippen LogP contribution in [-0.4, -0.2) is 23.3 Å². The Balaban J connectivity index is 1.93. The van der Waals surface area contributed by atoms with Crippen LogP contribution in [0.15, 0.2) is 46.9 Å². The zero-order chi connectivity index (χ0) is 14.4. The maximum atomic E-state index is 12.0. The largest absolute Gasteiger partial charge is 0.466 e. The second kappa shape index (κ2) is 6.82. The van der Waals surface area contributed by atoms with Gasteiger partial charge in [0.25, 0.3) is 0 Å². The lowest BCUT2D eigenvalue weighted by molar-refractivity contribution is -0.121. The van der Waals surface area contributed by atoms with E-state index in [9.17, 15) is 9.59 Å². The van der Waals surface area contributed by atoms with Crippen molar-refractivity contribution in [2.75, 3.05) is 6.61 Å². The Kier molecular flexibility index (Phi) is 4.85. The lowest BCUT2D eigenvalue weighted by Gasteiger charge is -1.99. The monoisotopic (exact) mass is 272 g/mol. The Morgan fingerprint density at radius 3 is 2.40 bits per heavy atom. The molecule has 1 aromatic carbocycles. The number of hydrogen-bond acceptors (Lipinski definition) is 4. The van der Waals surface area contributed by atoms with Crippen molar-refractivity contribution < 1.29 is 19.1 Å². The molecule has 0 unspecified atom stereocenters. The topological polar surface area (TPSA) is 67.5 Å². The van der Waals surface area contributed by atoms with E-state index < -0.39 is 6.61 Å². The summed E-state index contributed by atoms with van der Waals surface area (Å²) in [5, 5.41) is 8.64. The number of benzene rings is 1. The molecular formula is C16H16O4. The molecule has 1 N–H and O–H groups in total. The van der Waals surface area contributed by atoms with E-state index in [2.05, 4.69) is 0 Å². The van der Waals surface area contributed by atoms with E-state index in [0.29, 0.717) is 23.5 Å². The van der Waals surface area contributed by atoms with Gasteiger partial charge in [-0.05, 0) is 12.1 Å². The van der Waals surface area contributed by atoms with Crippen molar-refractivity contribution in [3.8, 4) is 0 Å². The van der Waals surface area contributed by atoms with E-state index in [1.165, 1.54) is 0 Å². The van der Waals surface area contributed by atoms with Crippen molar-refractivity contribution in [3.63, 3.8) is 0 Å². The van der Waals surface area contributed by atoms with Crippen molar-refractivity contribution >= 4 is 11.6 Å². The van der Waals surface area contributed by atoms with E-state index >= 15 is 0 Å². The first-order valence-corrected chi connectivity index (χ1v) is 6.47. The molecule has 0 radical (unpaired) electrons. The van der Waals surface area contributed by atoms with E-state index in [4.69, 9.17) is 9.52 Å². The van der Waals surface area contributed by atoms with Gasteiger partial charge in [0.05, 0.1) is 6.42 Å². The molecule has 4 nitrogen and oxygen atoms in total. The van der Waals surface area contributed by atoms with Crippen LogP contribution in [-0.2, 0) is 17.6 Å². The van der Waals surface area contributed by atoms with E-state index in [-0.39, 0.29) is 24.4 Å². The van der Waals surface area contributed by atoms with Crippen LogP contribution in [0.3, 0.4) is 0 Å². The van der Waals surface area contributed by atoms with Gasteiger partial charge in [-0.1, -0.05) is 30.3 Å². The van der Waals surface area contributed by atoms with E-state index in [1.54, 1.807) is 24.3 Å². The molecule has 0 saturated carbocycles. The Morgan fingerprint density at radius 1 is 1.00 bits per heavy atom. The maximum absolute atomic E-state index is 12.0. The molecule has 1 aromatic heterocycles. The highest BCUT2D eigenvalue weighted by Crippen LogP contribution is 2.13. The number of hydrogen-bond donors (Lipinski definition) is 1. The zero-order valence-corrected chi connectivity index (χ0v) is 11.0. The molecule has 1 heterocycles. The molecular weight excluding hydrogens is 256 g/mol. The van der Waals surface area contributed by atoms with Gasteiger partial charge in [0.2, 0.25) is 0 Å². The fraction of sp³-hybridized carbons (Fsp3) is 0.250. The fourth-order valence-electron chi connectivity index (χ4n) is 1.88. The van der Waals surface area contributed by atoms with Crippen molar-refractivity contribution in [2.45, 2.75) is 19.3 Å². The molecule has 0 fully saturated rings. The van der Waals surface area contributed by atoms with Gasteiger partial charge in [-0.15, -0.1) is 0 Å². The molecule has 0 amide bonds. The van der Waals surface area contributed by atoms with Gasteiger partial charge < -0.3 is 9.52 Å². The van der Waals surface area contributed by atoms with Gasteiger partial charge in [0.15, 0.2) is 11.6 Å². The molecule has 0 bridgehead atoms. The summed E-state index contributed by atoms with van der Waals surface area (Å²) in [4.78, 5) is 23.0. The van der Waals surface area contributed by atoms with Crippen molar-refractivity contribution in [2.24, 2.45) is 0 Å². The quantitative estimate of drug-likeness (QED) is 0.785. The first-order valence-electron chi connectivity index (χ1n) is 6.47. The van der Waals surface area contributed by atoms with Gasteiger partial charge in [0.1, 0.15) is 18.1 Å². The lowest BCUT2D eigenvalue weighted by Crippen LogP contribution is -2.04. The van der Waals surface area contributed by atoms with E-state index in [0.717, 1.165) is 0 Å². The van der Waals surface area contributed by atoms with Crippen LogP contribution in [0.25, 0.3) is 0 Å². The maximum Gasteiger partial charge on any atom is 0.170 e. The third kappa shape index (κ3) is 3.90. The zero-order valence-electron chi connectivity index (χ0n) is 11.0. The first-order chi connectivity index (χ1) is 9.69. The van der Waals surface area contributed by atoms with Gasteiger partial charge in [-0.2, -0.15) is 0 Å². The second-order valence-electron chi connectivity index (χ2n) is 4.53. The summed E-state index contributed by atoms with van der Waals surface area (Å²) in [6.07, 6.45) is 0.896. The Morgan fingerprint density at radius 2 is 1.70 bits per heavy atom. The summed E-state index contributed by atoms with van der Waals surface area (Å²) in [5.74, 6) is 1.02. The number of ketones is 2. The van der Waals surface area contributed by atoms with Crippen LogP contribution in [0.1, 0.15) is 28.3 Å². The average molecular weight is 272 g/mol. The fourth-order valence-corrected chi connectivity index (χ4v) is 1.88. The lowest BCUT2D eigenvalue weighted by atomic mass is 10.1. The molecule has 0 spiro atoms. The van der Waals surface area contributed by atoms with Crippen LogP contribution in [0.4, 0.5) is 0 Å². The highest BCUT2D eigenvalue weighted by atomic mass is 16.3. The van der Waals surface area contributed by atoms with Crippen molar-refractivity contribution in [1.82, 2.24) is 0 Å². The molecule has 0 atom stereocenters. The molecule has 2 aromatic rings. The standard InChI is InChI=1S/C16H16O4/c17-11-13(18)6-7-14-8-9-15(20-14)10-16(19)12-4-2-1-3-5-12/h1-5,8-9,17H,6-7,10-11H2. The molecule has 0 aliphatic rings. The SMILES string of the molecule is O=C(CO)CCc1ccc(CC(=O)c2ccccc2)o1.